The Kier molecular flexibility index (Phi) is 5.44. The molecule has 2 rings (SSSR count). The Morgan fingerprint density at radius 2 is 1.95 bits per heavy atom. The number of hydrogen-bond acceptors (Lipinski definition) is 2. The Hall–Kier alpha value is -1.81. The molecule has 0 spiro atoms. The zero-order valence-electron chi connectivity index (χ0n) is 11.0. The highest BCUT2D eigenvalue weighted by Gasteiger charge is 2.05. The zero-order chi connectivity index (χ0) is 13.3. The molecule has 0 bridgehead atoms. The highest BCUT2D eigenvalue weighted by molar-refractivity contribution is 5.74. The molecular formula is C15H20N2O2. The van der Waals surface area contributed by atoms with Gasteiger partial charge in [-0.1, -0.05) is 30.3 Å². The second kappa shape index (κ2) is 7.59. The second-order valence-corrected chi connectivity index (χ2v) is 4.55. The van der Waals surface area contributed by atoms with E-state index < -0.39 is 0 Å². The van der Waals surface area contributed by atoms with Gasteiger partial charge < -0.3 is 15.4 Å². The van der Waals surface area contributed by atoms with Crippen molar-refractivity contribution < 1.29 is 9.53 Å². The minimum Gasteiger partial charge on any atom is -0.381 e. The summed E-state index contributed by atoms with van der Waals surface area (Å²) in [4.78, 5) is 11.6. The van der Waals surface area contributed by atoms with Crippen LogP contribution >= 0.6 is 0 Å². The molecule has 1 aliphatic heterocycles. The molecule has 1 fully saturated rings. The zero-order valence-corrected chi connectivity index (χ0v) is 11.0. The van der Waals surface area contributed by atoms with E-state index in [-0.39, 0.29) is 6.03 Å². The van der Waals surface area contributed by atoms with Gasteiger partial charge in [-0.15, -0.1) is 0 Å². The molecular weight excluding hydrogens is 240 g/mol. The number of rotatable bonds is 4. The minimum atomic E-state index is -0.144. The van der Waals surface area contributed by atoms with E-state index in [1.807, 2.05) is 18.2 Å². The molecule has 4 heteroatoms. The summed E-state index contributed by atoms with van der Waals surface area (Å²) in [6.07, 6.45) is 4.47. The van der Waals surface area contributed by atoms with E-state index in [1.54, 1.807) is 6.20 Å². The summed E-state index contributed by atoms with van der Waals surface area (Å²) in [5.41, 5.74) is 2.47. The maximum atomic E-state index is 11.6. The molecule has 1 aliphatic rings. The van der Waals surface area contributed by atoms with Gasteiger partial charge in [0.05, 0.1) is 13.2 Å². The lowest BCUT2D eigenvalue weighted by atomic mass is 10.1. The summed E-state index contributed by atoms with van der Waals surface area (Å²) in [5.74, 6) is 0. The van der Waals surface area contributed by atoms with Crippen LogP contribution in [0.4, 0.5) is 4.79 Å². The van der Waals surface area contributed by atoms with Crippen molar-refractivity contribution in [2.24, 2.45) is 0 Å². The van der Waals surface area contributed by atoms with E-state index in [2.05, 4.69) is 22.8 Å². The fraction of sp³-hybridized carbons (Fsp3) is 0.400. The molecule has 102 valence electrons. The highest BCUT2D eigenvalue weighted by Crippen LogP contribution is 2.11. The van der Waals surface area contributed by atoms with Gasteiger partial charge in [-0.05, 0) is 30.4 Å². The summed E-state index contributed by atoms with van der Waals surface area (Å²) >= 11 is 0. The Morgan fingerprint density at radius 1 is 1.21 bits per heavy atom. The molecule has 2 N–H and O–H groups in total. The molecule has 1 aromatic carbocycles. The number of carbonyl (C=O) groups excluding carboxylic acids is 1. The van der Waals surface area contributed by atoms with Crippen molar-refractivity contribution in [1.82, 2.24) is 10.6 Å². The number of urea groups is 1. The van der Waals surface area contributed by atoms with Crippen LogP contribution in [0, 0.1) is 0 Å². The van der Waals surface area contributed by atoms with Gasteiger partial charge >= 0.3 is 6.03 Å². The first kappa shape index (κ1) is 13.6. The predicted molar refractivity (Wildman–Crippen MR) is 74.8 cm³/mol. The van der Waals surface area contributed by atoms with Crippen LogP contribution in [-0.4, -0.2) is 25.8 Å². The second-order valence-electron chi connectivity index (χ2n) is 4.55. The van der Waals surface area contributed by atoms with E-state index >= 15 is 0 Å². The molecule has 2 amide bonds. The van der Waals surface area contributed by atoms with Crippen LogP contribution in [-0.2, 0) is 11.2 Å². The molecule has 4 nitrogen and oxygen atoms in total. The van der Waals surface area contributed by atoms with E-state index in [4.69, 9.17) is 4.74 Å². The minimum absolute atomic E-state index is 0.144. The van der Waals surface area contributed by atoms with Gasteiger partial charge in [0.25, 0.3) is 0 Å². The number of amides is 2. The van der Waals surface area contributed by atoms with Crippen molar-refractivity contribution in [2.45, 2.75) is 19.3 Å². The molecule has 1 heterocycles. The van der Waals surface area contributed by atoms with Crippen molar-refractivity contribution in [3.05, 3.63) is 47.7 Å². The molecule has 0 radical (unpaired) electrons. The lowest BCUT2D eigenvalue weighted by Gasteiger charge is -2.14. The molecule has 0 saturated carbocycles. The van der Waals surface area contributed by atoms with E-state index in [0.29, 0.717) is 6.54 Å². The largest absolute Gasteiger partial charge is 0.381 e. The number of benzene rings is 1. The third-order valence-corrected chi connectivity index (χ3v) is 3.08. The molecule has 0 aromatic heterocycles. The topological polar surface area (TPSA) is 50.4 Å². The molecule has 1 aromatic rings. The van der Waals surface area contributed by atoms with Gasteiger partial charge in [0, 0.05) is 12.7 Å². The molecule has 0 aliphatic carbocycles. The van der Waals surface area contributed by atoms with Crippen molar-refractivity contribution >= 4 is 6.03 Å². The predicted octanol–water partition coefficient (Wildman–Crippen LogP) is 2.22. The van der Waals surface area contributed by atoms with Gasteiger partial charge in [-0.3, -0.25) is 0 Å². The normalized spacial score (nSPS) is 14.8. The van der Waals surface area contributed by atoms with Crippen molar-refractivity contribution in [2.75, 3.05) is 19.8 Å². The van der Waals surface area contributed by atoms with Crippen molar-refractivity contribution in [3.63, 3.8) is 0 Å². The number of carbonyl (C=O) groups is 1. The van der Waals surface area contributed by atoms with E-state index in [1.165, 1.54) is 11.1 Å². The number of hydrogen-bond donors (Lipinski definition) is 2. The van der Waals surface area contributed by atoms with Crippen LogP contribution in [0.3, 0.4) is 0 Å². The van der Waals surface area contributed by atoms with Crippen LogP contribution in [0.15, 0.2) is 42.1 Å². The summed E-state index contributed by atoms with van der Waals surface area (Å²) < 4.78 is 5.25. The van der Waals surface area contributed by atoms with Crippen LogP contribution in [0.1, 0.15) is 18.4 Å². The van der Waals surface area contributed by atoms with Crippen LogP contribution in [0.25, 0.3) is 0 Å². The summed E-state index contributed by atoms with van der Waals surface area (Å²) in [7, 11) is 0. The van der Waals surface area contributed by atoms with Gasteiger partial charge in [-0.2, -0.15) is 0 Å². The standard InChI is InChI=1S/C15H20N2O2/c18-15(17-12-14-7-10-19-11-8-14)16-9-6-13-4-2-1-3-5-13/h1-5,12H,6-11H2,(H2,16,17,18). The summed E-state index contributed by atoms with van der Waals surface area (Å²) in [6, 6.07) is 9.97. The summed E-state index contributed by atoms with van der Waals surface area (Å²) in [6.45, 7) is 2.15. The fourth-order valence-corrected chi connectivity index (χ4v) is 1.96. The van der Waals surface area contributed by atoms with Crippen molar-refractivity contribution in [3.8, 4) is 0 Å². The highest BCUT2D eigenvalue weighted by atomic mass is 16.5. The maximum Gasteiger partial charge on any atom is 0.318 e. The third kappa shape index (κ3) is 5.14. The maximum absolute atomic E-state index is 11.6. The first-order valence-electron chi connectivity index (χ1n) is 6.68. The molecule has 1 saturated heterocycles. The third-order valence-electron chi connectivity index (χ3n) is 3.08. The number of nitrogens with one attached hydrogen (secondary N) is 2. The van der Waals surface area contributed by atoms with Gasteiger partial charge in [-0.25, -0.2) is 4.79 Å². The lowest BCUT2D eigenvalue weighted by Crippen LogP contribution is -2.34. The van der Waals surface area contributed by atoms with Crippen LogP contribution < -0.4 is 10.6 Å². The smallest absolute Gasteiger partial charge is 0.318 e. The quantitative estimate of drug-likeness (QED) is 0.872. The first-order chi connectivity index (χ1) is 9.34. The SMILES string of the molecule is O=C(NC=C1CCOCC1)NCCc1ccccc1. The average molecular weight is 260 g/mol. The first-order valence-corrected chi connectivity index (χ1v) is 6.68. The Labute approximate surface area is 113 Å². The van der Waals surface area contributed by atoms with E-state index in [0.717, 1.165) is 32.5 Å². The fourth-order valence-electron chi connectivity index (χ4n) is 1.96. The van der Waals surface area contributed by atoms with Crippen LogP contribution in [0.5, 0.6) is 0 Å². The lowest BCUT2D eigenvalue weighted by molar-refractivity contribution is 0.119. The molecule has 0 atom stereocenters. The Morgan fingerprint density at radius 3 is 2.68 bits per heavy atom. The van der Waals surface area contributed by atoms with E-state index in [9.17, 15) is 4.79 Å². The van der Waals surface area contributed by atoms with Crippen molar-refractivity contribution in [1.29, 1.82) is 0 Å². The monoisotopic (exact) mass is 260 g/mol. The Balaban J connectivity index is 1.64. The average Bonchev–Trinajstić information content (AvgIpc) is 2.47. The number of ether oxygens (including phenoxy) is 1. The Bertz CT molecular complexity index is 421. The van der Waals surface area contributed by atoms with Gasteiger partial charge in [0.1, 0.15) is 0 Å². The van der Waals surface area contributed by atoms with Gasteiger partial charge in [0.15, 0.2) is 0 Å². The molecule has 0 unspecified atom stereocenters. The van der Waals surface area contributed by atoms with Gasteiger partial charge in [0.2, 0.25) is 0 Å². The summed E-state index contributed by atoms with van der Waals surface area (Å²) in [5, 5.41) is 5.62. The molecule has 19 heavy (non-hydrogen) atoms. The van der Waals surface area contributed by atoms with Crippen LogP contribution in [0.2, 0.25) is 0 Å².